The minimum Gasteiger partial charge on any atom is -0.497 e. The summed E-state index contributed by atoms with van der Waals surface area (Å²) in [6.45, 7) is 5.00. The maximum Gasteiger partial charge on any atom is 0.262 e. The highest BCUT2D eigenvalue weighted by molar-refractivity contribution is 7.12. The summed E-state index contributed by atoms with van der Waals surface area (Å²) in [5.41, 5.74) is 0.602. The minimum absolute atomic E-state index is 0.0450. The van der Waals surface area contributed by atoms with Crippen molar-refractivity contribution >= 4 is 29.1 Å². The Kier molecular flexibility index (Phi) is 7.83. The van der Waals surface area contributed by atoms with Gasteiger partial charge in [-0.1, -0.05) is 12.1 Å². The first kappa shape index (κ1) is 22.6. The Hall–Kier alpha value is -3.13. The molecule has 3 amide bonds. The molecular formula is C23H27N3O4S. The second-order valence-corrected chi connectivity index (χ2v) is 8.27. The summed E-state index contributed by atoms with van der Waals surface area (Å²) in [5, 5.41) is 7.51. The van der Waals surface area contributed by atoms with E-state index in [1.165, 1.54) is 11.3 Å². The lowest BCUT2D eigenvalue weighted by atomic mass is 9.88. The number of nitrogens with zero attached hydrogens (tertiary/aromatic N) is 1. The van der Waals surface area contributed by atoms with Gasteiger partial charge in [-0.2, -0.15) is 0 Å². The first-order chi connectivity index (χ1) is 15.0. The number of rotatable bonds is 8. The average Bonchev–Trinajstić information content (AvgIpc) is 3.36. The number of nitrogens with one attached hydrogen (secondary N) is 2. The van der Waals surface area contributed by atoms with Gasteiger partial charge in [-0.3, -0.25) is 14.4 Å². The van der Waals surface area contributed by atoms with Crippen molar-refractivity contribution in [3.63, 3.8) is 0 Å². The fourth-order valence-electron chi connectivity index (χ4n) is 3.65. The van der Waals surface area contributed by atoms with Crippen molar-refractivity contribution in [2.45, 2.75) is 18.9 Å². The maximum atomic E-state index is 12.8. The van der Waals surface area contributed by atoms with Gasteiger partial charge < -0.3 is 20.3 Å². The molecule has 1 aromatic heterocycles. The van der Waals surface area contributed by atoms with Gasteiger partial charge in [0, 0.05) is 25.2 Å². The molecule has 1 saturated heterocycles. The smallest absolute Gasteiger partial charge is 0.262 e. The van der Waals surface area contributed by atoms with Crippen LogP contribution in [0, 0.1) is 5.92 Å². The third-order valence-electron chi connectivity index (χ3n) is 5.37. The van der Waals surface area contributed by atoms with Crippen LogP contribution < -0.4 is 15.4 Å². The molecule has 1 aromatic carbocycles. The molecule has 0 aliphatic carbocycles. The number of thiophene rings is 1. The lowest BCUT2D eigenvalue weighted by Crippen LogP contribution is -2.53. The summed E-state index contributed by atoms with van der Waals surface area (Å²) in [5.74, 6) is 0.102. The van der Waals surface area contributed by atoms with Gasteiger partial charge in [0.15, 0.2) is 0 Å². The van der Waals surface area contributed by atoms with Crippen molar-refractivity contribution in [2.24, 2.45) is 5.92 Å². The van der Waals surface area contributed by atoms with Gasteiger partial charge >= 0.3 is 0 Å². The van der Waals surface area contributed by atoms with Gasteiger partial charge in [0.05, 0.1) is 12.0 Å². The fraction of sp³-hybridized carbons (Fsp3) is 0.348. The second kappa shape index (κ2) is 10.8. The summed E-state index contributed by atoms with van der Waals surface area (Å²) >= 11 is 1.33. The number of amides is 3. The predicted octanol–water partition coefficient (Wildman–Crippen LogP) is 2.71. The first-order valence-electron chi connectivity index (χ1n) is 10.2. The predicted molar refractivity (Wildman–Crippen MR) is 120 cm³/mol. The van der Waals surface area contributed by atoms with Gasteiger partial charge in [-0.05, 0) is 54.5 Å². The van der Waals surface area contributed by atoms with Gasteiger partial charge in [-0.15, -0.1) is 17.9 Å². The number of methoxy groups -OCH3 is 1. The van der Waals surface area contributed by atoms with Crippen LogP contribution in [0.15, 0.2) is 54.4 Å². The number of hydrogen-bond acceptors (Lipinski definition) is 5. The van der Waals surface area contributed by atoms with E-state index in [4.69, 9.17) is 4.74 Å². The van der Waals surface area contributed by atoms with Crippen molar-refractivity contribution in [3.8, 4) is 5.75 Å². The largest absolute Gasteiger partial charge is 0.497 e. The zero-order valence-corrected chi connectivity index (χ0v) is 18.3. The molecule has 0 saturated carbocycles. The van der Waals surface area contributed by atoms with E-state index in [2.05, 4.69) is 17.2 Å². The molecule has 1 aliphatic heterocycles. The van der Waals surface area contributed by atoms with Crippen LogP contribution in [0.4, 0.5) is 0 Å². The van der Waals surface area contributed by atoms with Crippen LogP contribution >= 0.6 is 11.3 Å². The number of carbonyl (C=O) groups is 3. The molecule has 0 spiro atoms. The SMILES string of the molecule is C=CCNC(=O)C(NC(=O)c1cccs1)C1CCN(C(=O)c2ccc(OC)cc2)CC1. The van der Waals surface area contributed by atoms with Crippen molar-refractivity contribution in [1.29, 1.82) is 0 Å². The van der Waals surface area contributed by atoms with Crippen molar-refractivity contribution in [2.75, 3.05) is 26.7 Å². The normalized spacial score (nSPS) is 15.1. The lowest BCUT2D eigenvalue weighted by Gasteiger charge is -2.35. The molecule has 3 rings (SSSR count). The van der Waals surface area contributed by atoms with E-state index in [1.807, 2.05) is 5.38 Å². The average molecular weight is 442 g/mol. The van der Waals surface area contributed by atoms with Crippen molar-refractivity contribution < 1.29 is 19.1 Å². The van der Waals surface area contributed by atoms with Crippen LogP contribution in [0.1, 0.15) is 32.9 Å². The van der Waals surface area contributed by atoms with Gasteiger partial charge in [0.1, 0.15) is 11.8 Å². The molecule has 0 bridgehead atoms. The van der Waals surface area contributed by atoms with Crippen LogP contribution in [-0.2, 0) is 4.79 Å². The number of likely N-dealkylation sites (tertiary alicyclic amines) is 1. The summed E-state index contributed by atoms with van der Waals surface area (Å²) in [6, 6.07) is 9.90. The summed E-state index contributed by atoms with van der Waals surface area (Å²) in [6.07, 6.45) is 2.85. The first-order valence-corrected chi connectivity index (χ1v) is 11.1. The highest BCUT2D eigenvalue weighted by Crippen LogP contribution is 2.24. The number of piperidine rings is 1. The molecule has 1 unspecified atom stereocenters. The molecule has 31 heavy (non-hydrogen) atoms. The fourth-order valence-corrected chi connectivity index (χ4v) is 4.28. The Morgan fingerprint density at radius 3 is 2.52 bits per heavy atom. The Bertz CT molecular complexity index is 903. The zero-order valence-electron chi connectivity index (χ0n) is 17.5. The monoisotopic (exact) mass is 441 g/mol. The maximum absolute atomic E-state index is 12.8. The quantitative estimate of drug-likeness (QED) is 0.617. The Balaban J connectivity index is 1.64. The van der Waals surface area contributed by atoms with Crippen LogP contribution in [0.25, 0.3) is 0 Å². The van der Waals surface area contributed by atoms with Gasteiger partial charge in [0.25, 0.3) is 11.8 Å². The van der Waals surface area contributed by atoms with E-state index in [-0.39, 0.29) is 23.6 Å². The number of hydrogen-bond donors (Lipinski definition) is 2. The third kappa shape index (κ3) is 5.73. The topological polar surface area (TPSA) is 87.7 Å². The van der Waals surface area contributed by atoms with Crippen molar-refractivity contribution in [3.05, 3.63) is 64.9 Å². The molecule has 2 heterocycles. The van der Waals surface area contributed by atoms with Crippen LogP contribution in [0.5, 0.6) is 5.75 Å². The van der Waals surface area contributed by atoms with E-state index in [0.29, 0.717) is 48.7 Å². The van der Waals surface area contributed by atoms with Crippen LogP contribution in [-0.4, -0.2) is 55.4 Å². The minimum atomic E-state index is -0.659. The van der Waals surface area contributed by atoms with Gasteiger partial charge in [-0.25, -0.2) is 0 Å². The lowest BCUT2D eigenvalue weighted by molar-refractivity contribution is -0.124. The summed E-state index contributed by atoms with van der Waals surface area (Å²) in [7, 11) is 1.58. The molecule has 2 N–H and O–H groups in total. The Morgan fingerprint density at radius 1 is 1.23 bits per heavy atom. The third-order valence-corrected chi connectivity index (χ3v) is 6.24. The highest BCUT2D eigenvalue weighted by atomic mass is 32.1. The van der Waals surface area contributed by atoms with E-state index in [0.717, 1.165) is 0 Å². The zero-order chi connectivity index (χ0) is 22.2. The molecule has 2 aromatic rings. The molecule has 0 radical (unpaired) electrons. The summed E-state index contributed by atoms with van der Waals surface area (Å²) in [4.78, 5) is 40.5. The molecule has 1 aliphatic rings. The molecular weight excluding hydrogens is 414 g/mol. The van der Waals surface area contributed by atoms with E-state index in [9.17, 15) is 14.4 Å². The van der Waals surface area contributed by atoms with Crippen molar-refractivity contribution in [1.82, 2.24) is 15.5 Å². The molecule has 7 nitrogen and oxygen atoms in total. The van der Waals surface area contributed by atoms with Crippen LogP contribution in [0.2, 0.25) is 0 Å². The number of ether oxygens (including phenoxy) is 1. The van der Waals surface area contributed by atoms with E-state index < -0.39 is 6.04 Å². The molecule has 164 valence electrons. The molecule has 1 atom stereocenters. The standard InChI is InChI=1S/C23H27N3O4S/c1-3-12-24-22(28)20(25-21(27)19-5-4-15-31-19)16-10-13-26(14-11-16)23(29)17-6-8-18(30-2)9-7-17/h3-9,15-16,20H,1,10-14H2,2H3,(H,24,28)(H,25,27). The highest BCUT2D eigenvalue weighted by Gasteiger charge is 2.34. The summed E-state index contributed by atoms with van der Waals surface area (Å²) < 4.78 is 5.14. The number of benzene rings is 1. The second-order valence-electron chi connectivity index (χ2n) is 7.32. The molecule has 8 heteroatoms. The van der Waals surface area contributed by atoms with Gasteiger partial charge in [0.2, 0.25) is 5.91 Å². The van der Waals surface area contributed by atoms with E-state index >= 15 is 0 Å². The number of carbonyl (C=O) groups excluding carboxylic acids is 3. The molecule has 1 fully saturated rings. The Morgan fingerprint density at radius 2 is 1.94 bits per heavy atom. The Labute approximate surface area is 186 Å². The van der Waals surface area contributed by atoms with E-state index in [1.54, 1.807) is 54.5 Å². The van der Waals surface area contributed by atoms with Crippen LogP contribution in [0.3, 0.4) is 0 Å².